The fourth-order valence-electron chi connectivity index (χ4n) is 3.51. The maximum absolute atomic E-state index is 13.0. The molecule has 4 rings (SSSR count). The molecule has 5 nitrogen and oxygen atoms in total. The van der Waals surface area contributed by atoms with Gasteiger partial charge in [-0.1, -0.05) is 48.0 Å². The first-order valence-corrected chi connectivity index (χ1v) is 9.73. The molecule has 0 aliphatic rings. The molecular weight excluding hydrogens is 407 g/mol. The Morgan fingerprint density at radius 1 is 1.10 bits per heavy atom. The van der Waals surface area contributed by atoms with E-state index in [2.05, 4.69) is 4.98 Å². The summed E-state index contributed by atoms with van der Waals surface area (Å²) in [6.07, 6.45) is 1.81. The average Bonchev–Trinajstić information content (AvgIpc) is 3.16. The molecule has 0 saturated heterocycles. The lowest BCUT2D eigenvalue weighted by atomic mass is 9.91. The van der Waals surface area contributed by atoms with E-state index in [0.29, 0.717) is 10.8 Å². The van der Waals surface area contributed by atoms with Gasteiger partial charge in [0, 0.05) is 22.0 Å². The van der Waals surface area contributed by atoms with Crippen LogP contribution in [-0.4, -0.2) is 16.5 Å². The lowest BCUT2D eigenvalue weighted by molar-refractivity contribution is -0.481. The van der Waals surface area contributed by atoms with Crippen molar-refractivity contribution in [2.75, 3.05) is 6.54 Å². The van der Waals surface area contributed by atoms with Crippen molar-refractivity contribution in [1.82, 2.24) is 4.98 Å². The lowest BCUT2D eigenvalue weighted by Crippen LogP contribution is -2.13. The number of rotatable bonds is 7. The molecule has 0 spiro atoms. The summed E-state index contributed by atoms with van der Waals surface area (Å²) in [5.74, 6) is -0.307. The van der Waals surface area contributed by atoms with Gasteiger partial charge in [-0.3, -0.25) is 10.1 Å². The highest BCUT2D eigenvalue weighted by molar-refractivity contribution is 6.32. The highest BCUT2D eigenvalue weighted by atomic mass is 35.5. The van der Waals surface area contributed by atoms with Gasteiger partial charge in [0.25, 0.3) is 0 Å². The van der Waals surface area contributed by atoms with E-state index in [9.17, 15) is 14.5 Å². The van der Waals surface area contributed by atoms with Crippen LogP contribution in [0.2, 0.25) is 5.02 Å². The number of para-hydroxylation sites is 1. The monoisotopic (exact) mass is 424 g/mol. The van der Waals surface area contributed by atoms with Gasteiger partial charge in [0.05, 0.1) is 10.9 Å². The summed E-state index contributed by atoms with van der Waals surface area (Å²) >= 11 is 6.42. The topological polar surface area (TPSA) is 68.2 Å². The molecule has 7 heteroatoms. The number of hydrogen-bond donors (Lipinski definition) is 1. The molecule has 1 aromatic heterocycles. The second kappa shape index (κ2) is 8.55. The summed E-state index contributed by atoms with van der Waals surface area (Å²) in [7, 11) is 0. The normalized spacial score (nSPS) is 12.1. The summed E-state index contributed by atoms with van der Waals surface area (Å²) in [6, 6.07) is 18.9. The van der Waals surface area contributed by atoms with E-state index in [4.69, 9.17) is 16.3 Å². The van der Waals surface area contributed by atoms with Gasteiger partial charge in [-0.2, -0.15) is 0 Å². The predicted octanol–water partition coefficient (Wildman–Crippen LogP) is 5.95. The van der Waals surface area contributed by atoms with Crippen LogP contribution < -0.4 is 4.74 Å². The van der Waals surface area contributed by atoms with Crippen molar-refractivity contribution < 1.29 is 14.1 Å². The Kier molecular flexibility index (Phi) is 5.68. The van der Waals surface area contributed by atoms with Gasteiger partial charge in [-0.25, -0.2) is 4.39 Å². The third-order valence-corrected chi connectivity index (χ3v) is 5.29. The van der Waals surface area contributed by atoms with Crippen molar-refractivity contribution in [1.29, 1.82) is 0 Å². The quantitative estimate of drug-likeness (QED) is 0.294. The van der Waals surface area contributed by atoms with Crippen molar-refractivity contribution in [3.8, 4) is 5.75 Å². The Balaban J connectivity index is 1.61. The van der Waals surface area contributed by atoms with Crippen LogP contribution in [0.5, 0.6) is 5.75 Å². The number of H-pyrrole nitrogens is 1. The van der Waals surface area contributed by atoms with Gasteiger partial charge in [0.15, 0.2) is 0 Å². The molecule has 1 heterocycles. The number of nitrogens with one attached hydrogen (secondary N) is 1. The smallest absolute Gasteiger partial charge is 0.214 e. The third-order valence-electron chi connectivity index (χ3n) is 4.99. The molecule has 0 radical (unpaired) electrons. The number of fused-ring (bicyclic) bond motifs is 1. The zero-order valence-electron chi connectivity index (χ0n) is 15.8. The van der Waals surface area contributed by atoms with Crippen LogP contribution in [0.4, 0.5) is 4.39 Å². The summed E-state index contributed by atoms with van der Waals surface area (Å²) < 4.78 is 18.8. The van der Waals surface area contributed by atoms with Crippen LogP contribution in [0.15, 0.2) is 72.9 Å². The van der Waals surface area contributed by atoms with Crippen molar-refractivity contribution in [3.05, 3.63) is 111 Å². The number of benzene rings is 3. The summed E-state index contributed by atoms with van der Waals surface area (Å²) in [5.41, 5.74) is 3.31. The Hall–Kier alpha value is -3.38. The van der Waals surface area contributed by atoms with Gasteiger partial charge >= 0.3 is 0 Å². The van der Waals surface area contributed by atoms with Gasteiger partial charge in [-0.15, -0.1) is 0 Å². The van der Waals surface area contributed by atoms with Crippen LogP contribution >= 0.6 is 11.6 Å². The highest BCUT2D eigenvalue weighted by Gasteiger charge is 2.24. The predicted molar refractivity (Wildman–Crippen MR) is 114 cm³/mol. The van der Waals surface area contributed by atoms with Gasteiger partial charge < -0.3 is 9.72 Å². The molecule has 1 N–H and O–H groups in total. The second-order valence-electron chi connectivity index (χ2n) is 6.96. The second-order valence-corrected chi connectivity index (χ2v) is 7.37. The van der Waals surface area contributed by atoms with Crippen LogP contribution in [0.3, 0.4) is 0 Å². The third kappa shape index (κ3) is 4.28. The van der Waals surface area contributed by atoms with E-state index >= 15 is 0 Å². The molecule has 0 bridgehead atoms. The minimum atomic E-state index is -0.459. The molecule has 30 heavy (non-hydrogen) atoms. The van der Waals surface area contributed by atoms with Crippen molar-refractivity contribution in [3.63, 3.8) is 0 Å². The Morgan fingerprint density at radius 3 is 2.60 bits per heavy atom. The van der Waals surface area contributed by atoms with E-state index in [-0.39, 0.29) is 23.9 Å². The van der Waals surface area contributed by atoms with Crippen LogP contribution in [0.25, 0.3) is 10.9 Å². The number of nitro groups is 1. The largest absolute Gasteiger partial charge is 0.487 e. The number of halogens is 2. The lowest BCUT2D eigenvalue weighted by Gasteiger charge is -2.15. The molecule has 0 aliphatic heterocycles. The van der Waals surface area contributed by atoms with E-state index < -0.39 is 5.92 Å². The highest BCUT2D eigenvalue weighted by Crippen LogP contribution is 2.35. The molecule has 0 unspecified atom stereocenters. The summed E-state index contributed by atoms with van der Waals surface area (Å²) in [6.45, 7) is -0.0198. The van der Waals surface area contributed by atoms with E-state index in [1.165, 1.54) is 12.1 Å². The maximum Gasteiger partial charge on any atom is 0.214 e. The van der Waals surface area contributed by atoms with E-state index in [0.717, 1.165) is 27.6 Å². The fourth-order valence-corrected chi connectivity index (χ4v) is 3.75. The molecule has 1 atom stereocenters. The molecule has 0 saturated carbocycles. The molecule has 3 aromatic carbocycles. The van der Waals surface area contributed by atoms with Gasteiger partial charge in [-0.05, 0) is 47.0 Å². The van der Waals surface area contributed by atoms with Crippen molar-refractivity contribution in [2.24, 2.45) is 0 Å². The number of aromatic amines is 1. The molecule has 0 amide bonds. The number of ether oxygens (including phenoxy) is 1. The van der Waals surface area contributed by atoms with Gasteiger partial charge in [0.2, 0.25) is 6.54 Å². The Bertz CT molecular complexity index is 1190. The summed E-state index contributed by atoms with van der Waals surface area (Å²) in [5, 5.41) is 12.7. The zero-order valence-corrected chi connectivity index (χ0v) is 16.6. The maximum atomic E-state index is 13.0. The number of aromatic nitrogens is 1. The number of nitrogens with zero attached hydrogens (tertiary/aromatic N) is 1. The van der Waals surface area contributed by atoms with E-state index in [1.807, 2.05) is 30.5 Å². The fraction of sp³-hybridized carbons (Fsp3) is 0.130. The molecule has 152 valence electrons. The molecule has 4 aromatic rings. The molecular formula is C23H18ClFN2O3. The minimum absolute atomic E-state index is 0.236. The molecule has 0 fully saturated rings. The van der Waals surface area contributed by atoms with Crippen LogP contribution in [-0.2, 0) is 6.61 Å². The van der Waals surface area contributed by atoms with Crippen LogP contribution in [0.1, 0.15) is 22.6 Å². The minimum Gasteiger partial charge on any atom is -0.487 e. The summed E-state index contributed by atoms with van der Waals surface area (Å²) in [4.78, 5) is 14.2. The SMILES string of the molecule is O=[N+]([O-])C[C@@H](c1ccc(OCc2ccc(F)cc2)c(Cl)c1)c1c[nH]c2ccccc12. The molecule has 0 aliphatic carbocycles. The first-order valence-electron chi connectivity index (χ1n) is 9.36. The average molecular weight is 425 g/mol. The first kappa shape index (κ1) is 19.9. The Labute approximate surface area is 177 Å². The van der Waals surface area contributed by atoms with Gasteiger partial charge in [0.1, 0.15) is 18.2 Å². The van der Waals surface area contributed by atoms with E-state index in [1.54, 1.807) is 30.3 Å². The Morgan fingerprint density at radius 2 is 1.87 bits per heavy atom. The zero-order chi connectivity index (χ0) is 21.1. The number of hydrogen-bond acceptors (Lipinski definition) is 3. The standard InChI is InChI=1S/C23H18ClFN2O3/c24-21-11-16(7-10-23(21)30-14-15-5-8-17(25)9-6-15)20(13-27(28)29)19-12-26-22-4-2-1-3-18(19)22/h1-12,20,26H,13-14H2/t20-/m0/s1. The van der Waals surface area contributed by atoms with Crippen LogP contribution in [0, 0.1) is 15.9 Å². The van der Waals surface area contributed by atoms with Crippen molar-refractivity contribution >= 4 is 22.5 Å². The van der Waals surface area contributed by atoms with Crippen molar-refractivity contribution in [2.45, 2.75) is 12.5 Å². The first-order chi connectivity index (χ1) is 14.5.